The minimum absolute atomic E-state index is 0.0121. The van der Waals surface area contributed by atoms with Gasteiger partial charge in [0.1, 0.15) is 4.90 Å². The molecule has 0 radical (unpaired) electrons. The Bertz CT molecular complexity index is 911. The number of nitrogens with one attached hydrogen (secondary N) is 1. The third-order valence-electron chi connectivity index (χ3n) is 2.62. The number of hydrogen-bond donors (Lipinski definition) is 2. The predicted molar refractivity (Wildman–Crippen MR) is 85.1 cm³/mol. The molecule has 22 heavy (non-hydrogen) atoms. The summed E-state index contributed by atoms with van der Waals surface area (Å²) in [5, 5.41) is 5.19. The summed E-state index contributed by atoms with van der Waals surface area (Å²) < 4.78 is 49.1. The van der Waals surface area contributed by atoms with E-state index in [-0.39, 0.29) is 25.5 Å². The molecule has 0 saturated carbocycles. The second-order valence-electron chi connectivity index (χ2n) is 4.25. The highest BCUT2D eigenvalue weighted by Gasteiger charge is 2.19. The first-order valence-corrected chi connectivity index (χ1v) is 9.49. The second kappa shape index (κ2) is 6.05. The van der Waals surface area contributed by atoms with Gasteiger partial charge in [-0.15, -0.1) is 0 Å². The van der Waals surface area contributed by atoms with Crippen molar-refractivity contribution in [3.05, 3.63) is 52.5 Å². The van der Waals surface area contributed by atoms with E-state index in [1.54, 1.807) is 0 Å². The van der Waals surface area contributed by atoms with E-state index in [2.05, 4.69) is 4.72 Å². The SMILES string of the molecule is NS(=O)(=O)c1ccc(NS(=O)(=O)c2cc(Cl)ccc2Cl)cc1. The topological polar surface area (TPSA) is 106 Å². The van der Waals surface area contributed by atoms with Crippen LogP contribution in [-0.2, 0) is 20.0 Å². The lowest BCUT2D eigenvalue weighted by molar-refractivity contribution is 0.597. The molecular weight excluding hydrogens is 371 g/mol. The number of primary sulfonamides is 1. The fraction of sp³-hybridized carbons (Fsp3) is 0. The van der Waals surface area contributed by atoms with Crippen molar-refractivity contribution in [2.75, 3.05) is 4.72 Å². The minimum Gasteiger partial charge on any atom is -0.280 e. The Morgan fingerprint density at radius 2 is 1.50 bits per heavy atom. The molecule has 10 heteroatoms. The lowest BCUT2D eigenvalue weighted by Gasteiger charge is -2.10. The summed E-state index contributed by atoms with van der Waals surface area (Å²) in [5.74, 6) is 0. The van der Waals surface area contributed by atoms with Gasteiger partial charge in [0.05, 0.1) is 9.92 Å². The number of halogens is 2. The highest BCUT2D eigenvalue weighted by Crippen LogP contribution is 2.27. The molecule has 2 aromatic rings. The van der Waals surface area contributed by atoms with Gasteiger partial charge in [0.2, 0.25) is 10.0 Å². The third kappa shape index (κ3) is 3.90. The molecule has 0 aromatic heterocycles. The molecule has 2 aromatic carbocycles. The summed E-state index contributed by atoms with van der Waals surface area (Å²) in [7, 11) is -7.81. The highest BCUT2D eigenvalue weighted by atomic mass is 35.5. The fourth-order valence-corrected chi connectivity index (χ4v) is 3.94. The molecule has 3 N–H and O–H groups in total. The number of benzene rings is 2. The van der Waals surface area contributed by atoms with E-state index in [0.29, 0.717) is 0 Å². The maximum absolute atomic E-state index is 12.3. The van der Waals surface area contributed by atoms with Crippen LogP contribution < -0.4 is 9.86 Å². The lowest BCUT2D eigenvalue weighted by atomic mass is 10.3. The van der Waals surface area contributed by atoms with E-state index in [1.165, 1.54) is 42.5 Å². The number of hydrogen-bond acceptors (Lipinski definition) is 4. The number of rotatable bonds is 4. The van der Waals surface area contributed by atoms with Gasteiger partial charge in [0.25, 0.3) is 10.0 Å². The van der Waals surface area contributed by atoms with Gasteiger partial charge in [-0.3, -0.25) is 4.72 Å². The normalized spacial score (nSPS) is 12.1. The van der Waals surface area contributed by atoms with Crippen LogP contribution in [0.15, 0.2) is 52.3 Å². The molecule has 0 aliphatic heterocycles. The molecule has 0 atom stereocenters. The van der Waals surface area contributed by atoms with E-state index in [9.17, 15) is 16.8 Å². The Morgan fingerprint density at radius 3 is 2.05 bits per heavy atom. The molecule has 6 nitrogen and oxygen atoms in total. The average molecular weight is 381 g/mol. The maximum atomic E-state index is 12.3. The highest BCUT2D eigenvalue weighted by molar-refractivity contribution is 7.92. The quantitative estimate of drug-likeness (QED) is 0.848. The molecule has 0 aliphatic carbocycles. The first-order chi connectivity index (χ1) is 10.1. The van der Waals surface area contributed by atoms with Gasteiger partial charge < -0.3 is 0 Å². The van der Waals surface area contributed by atoms with Crippen LogP contribution >= 0.6 is 23.2 Å². The van der Waals surface area contributed by atoms with E-state index < -0.39 is 20.0 Å². The molecule has 0 saturated heterocycles. The first-order valence-electron chi connectivity index (χ1n) is 5.70. The van der Waals surface area contributed by atoms with Crippen molar-refractivity contribution >= 4 is 48.9 Å². The summed E-state index contributed by atoms with van der Waals surface area (Å²) in [6.07, 6.45) is 0. The number of sulfonamides is 2. The molecule has 0 unspecified atom stereocenters. The zero-order valence-corrected chi connectivity index (χ0v) is 14.0. The van der Waals surface area contributed by atoms with Gasteiger partial charge in [-0.1, -0.05) is 23.2 Å². The van der Waals surface area contributed by atoms with Gasteiger partial charge in [-0.25, -0.2) is 22.0 Å². The fourth-order valence-electron chi connectivity index (χ4n) is 1.61. The van der Waals surface area contributed by atoms with Crippen molar-refractivity contribution in [2.45, 2.75) is 9.79 Å². The van der Waals surface area contributed by atoms with E-state index in [1.807, 2.05) is 0 Å². The molecule has 0 aliphatic rings. The third-order valence-corrected chi connectivity index (χ3v) is 5.65. The largest absolute Gasteiger partial charge is 0.280 e. The van der Waals surface area contributed by atoms with Crippen molar-refractivity contribution in [1.29, 1.82) is 0 Å². The molecule has 118 valence electrons. The van der Waals surface area contributed by atoms with E-state index >= 15 is 0 Å². The molecule has 0 heterocycles. The molecular formula is C12H10Cl2N2O4S2. The van der Waals surface area contributed by atoms with Gasteiger partial charge in [0, 0.05) is 10.7 Å². The van der Waals surface area contributed by atoms with Crippen LogP contribution in [0.25, 0.3) is 0 Å². The summed E-state index contributed by atoms with van der Waals surface area (Å²) in [6.45, 7) is 0. The molecule has 0 amide bonds. The molecule has 0 spiro atoms. The Hall–Kier alpha value is -1.32. The van der Waals surface area contributed by atoms with Crippen LogP contribution in [0.2, 0.25) is 10.0 Å². The van der Waals surface area contributed by atoms with Crippen molar-refractivity contribution in [3.8, 4) is 0 Å². The van der Waals surface area contributed by atoms with Gasteiger partial charge in [-0.05, 0) is 42.5 Å². The zero-order chi connectivity index (χ0) is 16.5. The smallest absolute Gasteiger partial charge is 0.263 e. The monoisotopic (exact) mass is 380 g/mol. The van der Waals surface area contributed by atoms with Crippen LogP contribution in [0.5, 0.6) is 0 Å². The van der Waals surface area contributed by atoms with Gasteiger partial charge in [-0.2, -0.15) is 0 Å². The van der Waals surface area contributed by atoms with Crippen LogP contribution in [-0.4, -0.2) is 16.8 Å². The van der Waals surface area contributed by atoms with Crippen molar-refractivity contribution < 1.29 is 16.8 Å². The standard InChI is InChI=1S/C12H10Cl2N2O4S2/c13-8-1-6-11(14)12(7-8)22(19,20)16-9-2-4-10(5-3-9)21(15,17)18/h1-7,16H,(H2,15,17,18). The lowest BCUT2D eigenvalue weighted by Crippen LogP contribution is -2.14. The average Bonchev–Trinajstić information content (AvgIpc) is 2.40. The van der Waals surface area contributed by atoms with Crippen molar-refractivity contribution in [1.82, 2.24) is 0 Å². The first kappa shape index (κ1) is 17.0. The number of nitrogens with two attached hydrogens (primary N) is 1. The van der Waals surface area contributed by atoms with Crippen LogP contribution in [0.4, 0.5) is 5.69 Å². The van der Waals surface area contributed by atoms with Gasteiger partial charge in [0.15, 0.2) is 0 Å². The Labute approximate surface area is 138 Å². The van der Waals surface area contributed by atoms with E-state index in [4.69, 9.17) is 28.3 Å². The van der Waals surface area contributed by atoms with Crippen LogP contribution in [0, 0.1) is 0 Å². The molecule has 0 fully saturated rings. The molecule has 0 bridgehead atoms. The molecule has 2 rings (SSSR count). The van der Waals surface area contributed by atoms with Crippen molar-refractivity contribution in [3.63, 3.8) is 0 Å². The summed E-state index contributed by atoms with van der Waals surface area (Å²) in [6, 6.07) is 8.96. The summed E-state index contributed by atoms with van der Waals surface area (Å²) in [4.78, 5) is -0.312. The van der Waals surface area contributed by atoms with Crippen molar-refractivity contribution in [2.24, 2.45) is 5.14 Å². The number of anilines is 1. The van der Waals surface area contributed by atoms with Gasteiger partial charge >= 0.3 is 0 Å². The second-order valence-corrected chi connectivity index (χ2v) is 8.31. The Kier molecular flexibility index (Phi) is 4.69. The van der Waals surface area contributed by atoms with Crippen LogP contribution in [0.1, 0.15) is 0 Å². The van der Waals surface area contributed by atoms with Crippen LogP contribution in [0.3, 0.4) is 0 Å². The zero-order valence-electron chi connectivity index (χ0n) is 10.8. The Balaban J connectivity index is 2.35. The maximum Gasteiger partial charge on any atom is 0.263 e. The van der Waals surface area contributed by atoms with E-state index in [0.717, 1.165) is 0 Å². The predicted octanol–water partition coefficient (Wildman–Crippen LogP) is 2.44. The summed E-state index contributed by atoms with van der Waals surface area (Å²) >= 11 is 11.6. The Morgan fingerprint density at radius 1 is 0.909 bits per heavy atom. The summed E-state index contributed by atoms with van der Waals surface area (Å²) in [5.41, 5.74) is 0.156. The minimum atomic E-state index is -3.96.